The number of nitrogens with one attached hydrogen (secondary N) is 2. The standard InChI is InChI=1S/C13H18N2O2.ClH/c1-2-10-9-17-12(8-14-10)13(16)15-11-6-4-3-5-7-11;/h3-7,10,12,14H,2,8-9H2,1H3,(H,15,16);1H/t10-,12+;/m1./s1. The van der Waals surface area contributed by atoms with Crippen LogP contribution in [0.4, 0.5) is 5.69 Å². The first kappa shape index (κ1) is 15.0. The molecule has 1 fully saturated rings. The summed E-state index contributed by atoms with van der Waals surface area (Å²) in [6.07, 6.45) is 0.630. The molecule has 1 aliphatic rings. The van der Waals surface area contributed by atoms with Crippen molar-refractivity contribution in [3.63, 3.8) is 0 Å². The minimum Gasteiger partial charge on any atom is -0.365 e. The maximum Gasteiger partial charge on any atom is 0.254 e. The van der Waals surface area contributed by atoms with Gasteiger partial charge in [0.05, 0.1) is 6.61 Å². The van der Waals surface area contributed by atoms with Gasteiger partial charge >= 0.3 is 0 Å². The fourth-order valence-corrected chi connectivity index (χ4v) is 1.80. The van der Waals surface area contributed by atoms with Gasteiger partial charge in [0.1, 0.15) is 6.10 Å². The van der Waals surface area contributed by atoms with Gasteiger partial charge in [0.2, 0.25) is 0 Å². The van der Waals surface area contributed by atoms with Crippen LogP contribution in [0.15, 0.2) is 30.3 Å². The number of halogens is 1. The molecule has 0 bridgehead atoms. The SMILES string of the molecule is CC[C@@H]1CO[C@H](C(=O)Nc2ccccc2)CN1.Cl. The van der Waals surface area contributed by atoms with Crippen LogP contribution in [0.3, 0.4) is 0 Å². The summed E-state index contributed by atoms with van der Waals surface area (Å²) in [5.74, 6) is -0.0850. The van der Waals surface area contributed by atoms with Gasteiger partial charge in [-0.25, -0.2) is 0 Å². The van der Waals surface area contributed by atoms with E-state index >= 15 is 0 Å². The highest BCUT2D eigenvalue weighted by atomic mass is 35.5. The summed E-state index contributed by atoms with van der Waals surface area (Å²) in [7, 11) is 0. The predicted molar refractivity (Wildman–Crippen MR) is 74.1 cm³/mol. The number of para-hydroxylation sites is 1. The summed E-state index contributed by atoms with van der Waals surface area (Å²) in [6.45, 7) is 3.28. The van der Waals surface area contributed by atoms with Crippen LogP contribution in [0, 0.1) is 0 Å². The molecule has 1 saturated heterocycles. The van der Waals surface area contributed by atoms with Gasteiger partial charge in [-0.15, -0.1) is 12.4 Å². The molecule has 1 aliphatic heterocycles. The third-order valence-corrected chi connectivity index (χ3v) is 2.92. The molecule has 0 unspecified atom stereocenters. The van der Waals surface area contributed by atoms with E-state index < -0.39 is 6.10 Å². The van der Waals surface area contributed by atoms with Crippen LogP contribution in [0.5, 0.6) is 0 Å². The number of anilines is 1. The molecule has 5 heteroatoms. The Balaban J connectivity index is 0.00000162. The van der Waals surface area contributed by atoms with Gasteiger partial charge in [0, 0.05) is 18.3 Å². The van der Waals surface area contributed by atoms with Crippen molar-refractivity contribution in [2.75, 3.05) is 18.5 Å². The lowest BCUT2D eigenvalue weighted by atomic mass is 10.2. The van der Waals surface area contributed by atoms with Gasteiger partial charge in [-0.3, -0.25) is 4.79 Å². The Labute approximate surface area is 114 Å². The summed E-state index contributed by atoms with van der Waals surface area (Å²) in [4.78, 5) is 11.9. The fraction of sp³-hybridized carbons (Fsp3) is 0.462. The number of ether oxygens (including phenoxy) is 1. The number of hydrogen-bond acceptors (Lipinski definition) is 3. The minimum atomic E-state index is -0.391. The van der Waals surface area contributed by atoms with Crippen LogP contribution in [0.25, 0.3) is 0 Å². The molecule has 1 aromatic carbocycles. The zero-order valence-corrected chi connectivity index (χ0v) is 11.2. The van der Waals surface area contributed by atoms with Crippen molar-refractivity contribution < 1.29 is 9.53 Å². The molecule has 2 rings (SSSR count). The van der Waals surface area contributed by atoms with Crippen LogP contribution < -0.4 is 10.6 Å². The molecule has 0 aromatic heterocycles. The Morgan fingerprint density at radius 1 is 1.44 bits per heavy atom. The first-order valence-corrected chi connectivity index (χ1v) is 6.00. The van der Waals surface area contributed by atoms with Crippen molar-refractivity contribution in [2.24, 2.45) is 0 Å². The lowest BCUT2D eigenvalue weighted by molar-refractivity contribution is -0.130. The topological polar surface area (TPSA) is 50.4 Å². The Morgan fingerprint density at radius 3 is 2.72 bits per heavy atom. The van der Waals surface area contributed by atoms with Crippen molar-refractivity contribution in [3.8, 4) is 0 Å². The lowest BCUT2D eigenvalue weighted by Gasteiger charge is -2.28. The predicted octanol–water partition coefficient (Wildman–Crippen LogP) is 1.81. The number of carbonyl (C=O) groups is 1. The van der Waals surface area contributed by atoms with E-state index in [2.05, 4.69) is 17.6 Å². The number of rotatable bonds is 3. The molecular weight excluding hydrogens is 252 g/mol. The summed E-state index contributed by atoms with van der Waals surface area (Å²) < 4.78 is 5.54. The molecule has 4 nitrogen and oxygen atoms in total. The molecular formula is C13H19ClN2O2. The van der Waals surface area contributed by atoms with Crippen molar-refractivity contribution in [2.45, 2.75) is 25.5 Å². The largest absolute Gasteiger partial charge is 0.365 e. The van der Waals surface area contributed by atoms with Gasteiger partial charge in [0.15, 0.2) is 0 Å². The smallest absolute Gasteiger partial charge is 0.254 e. The van der Waals surface area contributed by atoms with Crippen molar-refractivity contribution in [1.29, 1.82) is 0 Å². The van der Waals surface area contributed by atoms with Gasteiger partial charge in [-0.05, 0) is 18.6 Å². The zero-order chi connectivity index (χ0) is 12.1. The Bertz CT molecular complexity index is 365. The summed E-state index contributed by atoms with van der Waals surface area (Å²) >= 11 is 0. The van der Waals surface area contributed by atoms with E-state index in [1.54, 1.807) is 0 Å². The molecule has 0 spiro atoms. The van der Waals surface area contributed by atoms with E-state index in [9.17, 15) is 4.79 Å². The first-order valence-electron chi connectivity index (χ1n) is 6.00. The molecule has 0 aliphatic carbocycles. The summed E-state index contributed by atoms with van der Waals surface area (Å²) in [6, 6.07) is 9.80. The highest BCUT2D eigenvalue weighted by Gasteiger charge is 2.25. The van der Waals surface area contributed by atoms with E-state index in [4.69, 9.17) is 4.74 Å². The molecule has 2 N–H and O–H groups in total. The zero-order valence-electron chi connectivity index (χ0n) is 10.4. The number of hydrogen-bond donors (Lipinski definition) is 2. The number of benzene rings is 1. The third-order valence-electron chi connectivity index (χ3n) is 2.92. The van der Waals surface area contributed by atoms with E-state index in [0.29, 0.717) is 19.2 Å². The van der Waals surface area contributed by atoms with Crippen LogP contribution in [0.2, 0.25) is 0 Å². The number of morpholine rings is 1. The average molecular weight is 271 g/mol. The normalized spacial score (nSPS) is 22.9. The van der Waals surface area contributed by atoms with Crippen LogP contribution >= 0.6 is 12.4 Å². The second-order valence-corrected chi connectivity index (χ2v) is 4.19. The van der Waals surface area contributed by atoms with Crippen molar-refractivity contribution in [3.05, 3.63) is 30.3 Å². The molecule has 2 atom stereocenters. The Kier molecular flexibility index (Phi) is 6.12. The average Bonchev–Trinajstić information content (AvgIpc) is 2.40. The molecule has 0 saturated carbocycles. The maximum atomic E-state index is 11.9. The molecule has 1 heterocycles. The highest BCUT2D eigenvalue weighted by molar-refractivity contribution is 5.94. The van der Waals surface area contributed by atoms with Gasteiger partial charge in [-0.2, -0.15) is 0 Å². The monoisotopic (exact) mass is 270 g/mol. The Morgan fingerprint density at radius 2 is 2.17 bits per heavy atom. The summed E-state index contributed by atoms with van der Waals surface area (Å²) in [5, 5.41) is 6.14. The van der Waals surface area contributed by atoms with Gasteiger partial charge in [0.25, 0.3) is 5.91 Å². The molecule has 1 aromatic rings. The van der Waals surface area contributed by atoms with Crippen molar-refractivity contribution in [1.82, 2.24) is 5.32 Å². The van der Waals surface area contributed by atoms with Crippen molar-refractivity contribution >= 4 is 24.0 Å². The minimum absolute atomic E-state index is 0. The second-order valence-electron chi connectivity index (χ2n) is 4.19. The summed E-state index contributed by atoms with van der Waals surface area (Å²) in [5.41, 5.74) is 0.804. The molecule has 18 heavy (non-hydrogen) atoms. The molecule has 100 valence electrons. The second kappa shape index (κ2) is 7.36. The van der Waals surface area contributed by atoms with E-state index in [-0.39, 0.29) is 18.3 Å². The van der Waals surface area contributed by atoms with E-state index in [1.165, 1.54) is 0 Å². The first-order chi connectivity index (χ1) is 8.29. The highest BCUT2D eigenvalue weighted by Crippen LogP contribution is 2.09. The van der Waals surface area contributed by atoms with E-state index in [1.807, 2.05) is 30.3 Å². The van der Waals surface area contributed by atoms with Gasteiger partial charge < -0.3 is 15.4 Å². The third kappa shape index (κ3) is 3.98. The van der Waals surface area contributed by atoms with Gasteiger partial charge in [-0.1, -0.05) is 25.1 Å². The quantitative estimate of drug-likeness (QED) is 0.881. The van der Waals surface area contributed by atoms with E-state index in [0.717, 1.165) is 12.1 Å². The molecule has 1 amide bonds. The number of amides is 1. The Hall–Kier alpha value is -1.10. The lowest BCUT2D eigenvalue weighted by Crippen LogP contribution is -2.50. The van der Waals surface area contributed by atoms with Crippen LogP contribution in [-0.2, 0) is 9.53 Å². The van der Waals surface area contributed by atoms with Crippen LogP contribution in [-0.4, -0.2) is 31.2 Å². The number of carbonyl (C=O) groups excluding carboxylic acids is 1. The maximum absolute atomic E-state index is 11.9. The fourth-order valence-electron chi connectivity index (χ4n) is 1.80. The molecule has 0 radical (unpaired) electrons. The van der Waals surface area contributed by atoms with Crippen LogP contribution in [0.1, 0.15) is 13.3 Å².